The van der Waals surface area contributed by atoms with Crippen molar-refractivity contribution in [2.75, 3.05) is 18.0 Å². The lowest BCUT2D eigenvalue weighted by Gasteiger charge is -2.22. The predicted octanol–water partition coefficient (Wildman–Crippen LogP) is 3.49. The Morgan fingerprint density at radius 2 is 2.09 bits per heavy atom. The van der Waals surface area contributed by atoms with Crippen LogP contribution in [0.25, 0.3) is 0 Å². The van der Waals surface area contributed by atoms with E-state index in [-0.39, 0.29) is 11.8 Å². The van der Waals surface area contributed by atoms with Crippen LogP contribution in [0.1, 0.15) is 22.2 Å². The van der Waals surface area contributed by atoms with Crippen LogP contribution in [0.2, 0.25) is 5.02 Å². The standard InChI is InChI=1S/C16H17ClN2O2S/c1-11-5-6-13(10-14(11)17)19(12(2)20)8-7-18-16(21)15-4-3-9-22-15/h3-6,9-10H,7-8H2,1-2H3,(H,18,21). The summed E-state index contributed by atoms with van der Waals surface area (Å²) in [7, 11) is 0. The second kappa shape index (κ2) is 7.42. The first-order chi connectivity index (χ1) is 10.5. The Hall–Kier alpha value is -1.85. The zero-order valence-corrected chi connectivity index (χ0v) is 14.0. The first kappa shape index (κ1) is 16.5. The molecular weight excluding hydrogens is 320 g/mol. The van der Waals surface area contributed by atoms with E-state index in [0.29, 0.717) is 23.0 Å². The normalized spacial score (nSPS) is 10.3. The molecule has 1 N–H and O–H groups in total. The molecule has 2 rings (SSSR count). The number of hydrogen-bond acceptors (Lipinski definition) is 3. The smallest absolute Gasteiger partial charge is 0.261 e. The Labute approximate surface area is 138 Å². The van der Waals surface area contributed by atoms with E-state index in [1.165, 1.54) is 18.3 Å². The maximum Gasteiger partial charge on any atom is 0.261 e. The first-order valence-corrected chi connectivity index (χ1v) is 8.11. The Kier molecular flexibility index (Phi) is 5.57. The average molecular weight is 337 g/mol. The van der Waals surface area contributed by atoms with E-state index in [0.717, 1.165) is 11.3 Å². The number of hydrogen-bond donors (Lipinski definition) is 1. The molecular formula is C16H17ClN2O2S. The molecule has 22 heavy (non-hydrogen) atoms. The molecule has 4 nitrogen and oxygen atoms in total. The van der Waals surface area contributed by atoms with Crippen molar-refractivity contribution in [1.82, 2.24) is 5.32 Å². The minimum atomic E-state index is -0.125. The van der Waals surface area contributed by atoms with E-state index in [2.05, 4.69) is 5.32 Å². The van der Waals surface area contributed by atoms with Crippen molar-refractivity contribution < 1.29 is 9.59 Å². The van der Waals surface area contributed by atoms with Crippen molar-refractivity contribution in [3.05, 3.63) is 51.2 Å². The summed E-state index contributed by atoms with van der Waals surface area (Å²) in [6, 6.07) is 9.08. The summed E-state index contributed by atoms with van der Waals surface area (Å²) in [6.45, 7) is 4.17. The summed E-state index contributed by atoms with van der Waals surface area (Å²) >= 11 is 7.49. The Bertz CT molecular complexity index is 671. The fourth-order valence-electron chi connectivity index (χ4n) is 1.99. The van der Waals surface area contributed by atoms with Gasteiger partial charge in [-0.1, -0.05) is 23.7 Å². The quantitative estimate of drug-likeness (QED) is 0.908. The number of thiophene rings is 1. The van der Waals surface area contributed by atoms with Gasteiger partial charge in [-0.25, -0.2) is 0 Å². The van der Waals surface area contributed by atoms with Crippen LogP contribution in [-0.2, 0) is 4.79 Å². The molecule has 2 amide bonds. The summed E-state index contributed by atoms with van der Waals surface area (Å²) in [5.41, 5.74) is 1.69. The molecule has 1 aromatic heterocycles. The van der Waals surface area contributed by atoms with Gasteiger partial charge in [-0.3, -0.25) is 9.59 Å². The number of carbonyl (C=O) groups excluding carboxylic acids is 2. The third-order valence-corrected chi connectivity index (χ3v) is 4.49. The van der Waals surface area contributed by atoms with Crippen LogP contribution >= 0.6 is 22.9 Å². The molecule has 0 radical (unpaired) electrons. The van der Waals surface area contributed by atoms with Gasteiger partial charge in [0.25, 0.3) is 5.91 Å². The van der Waals surface area contributed by atoms with Gasteiger partial charge in [0.1, 0.15) is 0 Å². The topological polar surface area (TPSA) is 49.4 Å². The molecule has 1 heterocycles. The fraction of sp³-hybridized carbons (Fsp3) is 0.250. The van der Waals surface area contributed by atoms with E-state index >= 15 is 0 Å². The van der Waals surface area contributed by atoms with Crippen molar-refractivity contribution in [2.45, 2.75) is 13.8 Å². The van der Waals surface area contributed by atoms with Gasteiger partial charge < -0.3 is 10.2 Å². The van der Waals surface area contributed by atoms with Crippen LogP contribution < -0.4 is 10.2 Å². The molecule has 2 aromatic rings. The number of aryl methyl sites for hydroxylation is 1. The number of benzene rings is 1. The molecule has 1 aromatic carbocycles. The number of carbonyl (C=O) groups is 2. The molecule has 116 valence electrons. The number of nitrogens with one attached hydrogen (secondary N) is 1. The summed E-state index contributed by atoms with van der Waals surface area (Å²) in [4.78, 5) is 25.9. The van der Waals surface area contributed by atoms with E-state index in [4.69, 9.17) is 11.6 Å². The number of anilines is 1. The van der Waals surface area contributed by atoms with Gasteiger partial charge in [0, 0.05) is 30.7 Å². The third kappa shape index (κ3) is 4.08. The van der Waals surface area contributed by atoms with Gasteiger partial charge in [0.2, 0.25) is 5.91 Å². The van der Waals surface area contributed by atoms with Crippen molar-refractivity contribution in [3.63, 3.8) is 0 Å². The zero-order chi connectivity index (χ0) is 16.1. The van der Waals surface area contributed by atoms with E-state index in [1.54, 1.807) is 17.0 Å². The zero-order valence-electron chi connectivity index (χ0n) is 12.4. The number of rotatable bonds is 5. The maximum absolute atomic E-state index is 11.9. The Morgan fingerprint density at radius 3 is 2.68 bits per heavy atom. The van der Waals surface area contributed by atoms with Crippen LogP contribution in [0.15, 0.2) is 35.7 Å². The minimum absolute atomic E-state index is 0.0923. The van der Waals surface area contributed by atoms with Crippen molar-refractivity contribution in [3.8, 4) is 0 Å². The molecule has 0 unspecified atom stereocenters. The number of nitrogens with zero attached hydrogens (tertiary/aromatic N) is 1. The van der Waals surface area contributed by atoms with Gasteiger partial charge in [-0.05, 0) is 36.1 Å². The first-order valence-electron chi connectivity index (χ1n) is 6.85. The molecule has 0 bridgehead atoms. The molecule has 0 fully saturated rings. The summed E-state index contributed by atoms with van der Waals surface area (Å²) < 4.78 is 0. The highest BCUT2D eigenvalue weighted by Crippen LogP contribution is 2.23. The maximum atomic E-state index is 11.9. The van der Waals surface area contributed by atoms with Gasteiger partial charge >= 0.3 is 0 Å². The monoisotopic (exact) mass is 336 g/mol. The number of halogens is 1. The Morgan fingerprint density at radius 1 is 1.32 bits per heavy atom. The molecule has 0 atom stereocenters. The molecule has 0 saturated carbocycles. The SMILES string of the molecule is CC(=O)N(CCNC(=O)c1cccs1)c1ccc(C)c(Cl)c1. The Balaban J connectivity index is 1.99. The van der Waals surface area contributed by atoms with Gasteiger partial charge in [0.05, 0.1) is 4.88 Å². The lowest BCUT2D eigenvalue weighted by Crippen LogP contribution is -2.37. The molecule has 0 aliphatic carbocycles. The van der Waals surface area contributed by atoms with Crippen molar-refractivity contribution in [2.24, 2.45) is 0 Å². The second-order valence-electron chi connectivity index (χ2n) is 4.84. The highest BCUT2D eigenvalue weighted by atomic mass is 35.5. The van der Waals surface area contributed by atoms with E-state index in [1.807, 2.05) is 30.5 Å². The summed E-state index contributed by atoms with van der Waals surface area (Å²) in [5.74, 6) is -0.217. The third-order valence-electron chi connectivity index (χ3n) is 3.21. The van der Waals surface area contributed by atoms with Crippen LogP contribution in [0.3, 0.4) is 0 Å². The fourth-order valence-corrected chi connectivity index (χ4v) is 2.81. The van der Waals surface area contributed by atoms with Crippen LogP contribution in [0, 0.1) is 6.92 Å². The van der Waals surface area contributed by atoms with E-state index < -0.39 is 0 Å². The van der Waals surface area contributed by atoms with Crippen LogP contribution in [0.4, 0.5) is 5.69 Å². The highest BCUT2D eigenvalue weighted by molar-refractivity contribution is 7.12. The average Bonchev–Trinajstić information content (AvgIpc) is 3.00. The molecule has 0 spiro atoms. The van der Waals surface area contributed by atoms with Gasteiger partial charge in [0.15, 0.2) is 0 Å². The minimum Gasteiger partial charge on any atom is -0.350 e. The van der Waals surface area contributed by atoms with Crippen LogP contribution in [-0.4, -0.2) is 24.9 Å². The van der Waals surface area contributed by atoms with Gasteiger partial charge in [-0.15, -0.1) is 11.3 Å². The summed E-state index contributed by atoms with van der Waals surface area (Å²) in [5, 5.41) is 5.28. The molecule has 0 saturated heterocycles. The largest absolute Gasteiger partial charge is 0.350 e. The lowest BCUT2D eigenvalue weighted by atomic mass is 10.2. The highest BCUT2D eigenvalue weighted by Gasteiger charge is 2.13. The molecule has 6 heteroatoms. The summed E-state index contributed by atoms with van der Waals surface area (Å²) in [6.07, 6.45) is 0. The predicted molar refractivity (Wildman–Crippen MR) is 90.9 cm³/mol. The van der Waals surface area contributed by atoms with Crippen LogP contribution in [0.5, 0.6) is 0 Å². The molecule has 0 aliphatic rings. The lowest BCUT2D eigenvalue weighted by molar-refractivity contribution is -0.116. The van der Waals surface area contributed by atoms with Crippen molar-refractivity contribution >= 4 is 40.4 Å². The number of amides is 2. The van der Waals surface area contributed by atoms with Crippen molar-refractivity contribution in [1.29, 1.82) is 0 Å². The second-order valence-corrected chi connectivity index (χ2v) is 6.19. The van der Waals surface area contributed by atoms with E-state index in [9.17, 15) is 9.59 Å². The van der Waals surface area contributed by atoms with Gasteiger partial charge in [-0.2, -0.15) is 0 Å². The molecule has 0 aliphatic heterocycles.